The van der Waals surface area contributed by atoms with Gasteiger partial charge in [0.25, 0.3) is 0 Å². The third kappa shape index (κ3) is 3.08. The molecule has 0 spiro atoms. The van der Waals surface area contributed by atoms with E-state index in [0.29, 0.717) is 0 Å². The molecule has 0 radical (unpaired) electrons. The van der Waals surface area contributed by atoms with Crippen molar-refractivity contribution in [3.05, 3.63) is 48.3 Å². The van der Waals surface area contributed by atoms with E-state index >= 15 is 0 Å². The predicted molar refractivity (Wildman–Crippen MR) is 78.7 cm³/mol. The molecular weight excluding hydrogens is 250 g/mol. The molecule has 1 fully saturated rings. The van der Waals surface area contributed by atoms with Gasteiger partial charge in [-0.2, -0.15) is 5.10 Å². The third-order valence-corrected chi connectivity index (χ3v) is 4.02. The van der Waals surface area contributed by atoms with Crippen molar-refractivity contribution in [1.82, 2.24) is 14.7 Å². The zero-order valence-corrected chi connectivity index (χ0v) is 11.9. The fourth-order valence-corrected chi connectivity index (χ4v) is 2.67. The van der Waals surface area contributed by atoms with Crippen molar-refractivity contribution in [2.45, 2.75) is 31.9 Å². The van der Waals surface area contributed by atoms with Crippen LogP contribution >= 0.6 is 0 Å². The van der Waals surface area contributed by atoms with Crippen LogP contribution in [0.25, 0.3) is 5.69 Å². The average Bonchev–Trinajstić information content (AvgIpc) is 2.96. The van der Waals surface area contributed by atoms with E-state index in [1.54, 1.807) is 6.20 Å². The lowest BCUT2D eigenvalue weighted by molar-refractivity contribution is -0.00730. The largest absolute Gasteiger partial charge is 0.390 e. The van der Waals surface area contributed by atoms with Gasteiger partial charge in [0.05, 0.1) is 11.3 Å². The van der Waals surface area contributed by atoms with Gasteiger partial charge in [-0.15, -0.1) is 0 Å². The minimum atomic E-state index is -0.479. The van der Waals surface area contributed by atoms with Crippen LogP contribution in [0.15, 0.2) is 42.7 Å². The molecule has 106 valence electrons. The number of hydrogen-bond acceptors (Lipinski definition) is 3. The minimum absolute atomic E-state index is 0.479. The quantitative estimate of drug-likeness (QED) is 0.930. The van der Waals surface area contributed by atoms with Crippen molar-refractivity contribution in [1.29, 1.82) is 0 Å². The second kappa shape index (κ2) is 5.38. The number of rotatable bonds is 3. The van der Waals surface area contributed by atoms with Gasteiger partial charge in [0.1, 0.15) is 0 Å². The van der Waals surface area contributed by atoms with Crippen LogP contribution in [-0.4, -0.2) is 38.5 Å². The second-order valence-corrected chi connectivity index (χ2v) is 5.89. The minimum Gasteiger partial charge on any atom is -0.390 e. The van der Waals surface area contributed by atoms with Crippen LogP contribution in [0, 0.1) is 0 Å². The van der Waals surface area contributed by atoms with E-state index < -0.39 is 5.60 Å². The highest BCUT2D eigenvalue weighted by atomic mass is 16.3. The molecule has 1 aliphatic rings. The molecule has 0 saturated carbocycles. The smallest absolute Gasteiger partial charge is 0.0648 e. The molecule has 2 aromatic rings. The monoisotopic (exact) mass is 271 g/mol. The highest BCUT2D eigenvalue weighted by Gasteiger charge is 2.27. The van der Waals surface area contributed by atoms with Crippen molar-refractivity contribution in [2.24, 2.45) is 0 Å². The summed E-state index contributed by atoms with van der Waals surface area (Å²) in [5, 5.41) is 14.3. The number of benzene rings is 1. The van der Waals surface area contributed by atoms with Crippen LogP contribution in [0.1, 0.15) is 25.3 Å². The van der Waals surface area contributed by atoms with Gasteiger partial charge in [-0.1, -0.05) is 12.1 Å². The third-order valence-electron chi connectivity index (χ3n) is 4.02. The van der Waals surface area contributed by atoms with Gasteiger partial charge in [0.2, 0.25) is 0 Å². The Morgan fingerprint density at radius 1 is 1.25 bits per heavy atom. The van der Waals surface area contributed by atoms with Gasteiger partial charge in [-0.05, 0) is 43.5 Å². The highest BCUT2D eigenvalue weighted by Crippen LogP contribution is 2.22. The molecule has 1 aromatic heterocycles. The lowest BCUT2D eigenvalue weighted by Crippen LogP contribution is -2.41. The lowest BCUT2D eigenvalue weighted by Gasteiger charge is -2.35. The molecule has 1 saturated heterocycles. The first-order valence-electron chi connectivity index (χ1n) is 7.16. The molecule has 2 heterocycles. The number of piperidine rings is 1. The Hall–Kier alpha value is -1.65. The van der Waals surface area contributed by atoms with Crippen molar-refractivity contribution >= 4 is 0 Å². The van der Waals surface area contributed by atoms with Crippen molar-refractivity contribution in [3.8, 4) is 5.69 Å². The van der Waals surface area contributed by atoms with E-state index in [1.807, 2.05) is 23.9 Å². The molecular formula is C16H21N3O. The number of aliphatic hydroxyl groups is 1. The number of nitrogens with zero attached hydrogens (tertiary/aromatic N) is 3. The van der Waals surface area contributed by atoms with E-state index in [9.17, 15) is 5.11 Å². The summed E-state index contributed by atoms with van der Waals surface area (Å²) in [5.74, 6) is 0. The fraction of sp³-hybridized carbons (Fsp3) is 0.438. The van der Waals surface area contributed by atoms with Crippen LogP contribution in [0.2, 0.25) is 0 Å². The molecule has 0 atom stereocenters. The van der Waals surface area contributed by atoms with E-state index in [1.165, 1.54) is 5.56 Å². The molecule has 1 N–H and O–H groups in total. The summed E-state index contributed by atoms with van der Waals surface area (Å²) in [6.45, 7) is 4.78. The van der Waals surface area contributed by atoms with E-state index in [4.69, 9.17) is 0 Å². The molecule has 0 aliphatic carbocycles. The average molecular weight is 271 g/mol. The van der Waals surface area contributed by atoms with Gasteiger partial charge >= 0.3 is 0 Å². The zero-order valence-electron chi connectivity index (χ0n) is 11.9. The van der Waals surface area contributed by atoms with Gasteiger partial charge in [-0.25, -0.2) is 4.68 Å². The zero-order chi connectivity index (χ0) is 14.0. The van der Waals surface area contributed by atoms with Crippen LogP contribution in [0.5, 0.6) is 0 Å². The Labute approximate surface area is 119 Å². The highest BCUT2D eigenvalue weighted by molar-refractivity contribution is 5.35. The van der Waals surface area contributed by atoms with Gasteiger partial charge in [-0.3, -0.25) is 4.90 Å². The summed E-state index contributed by atoms with van der Waals surface area (Å²) in [6.07, 6.45) is 5.45. The Kier molecular flexibility index (Phi) is 3.59. The molecule has 4 heteroatoms. The van der Waals surface area contributed by atoms with Crippen LogP contribution in [0.4, 0.5) is 0 Å². The number of hydrogen-bond donors (Lipinski definition) is 1. The normalized spacial score (nSPS) is 19.1. The van der Waals surface area contributed by atoms with Crippen molar-refractivity contribution in [2.75, 3.05) is 13.1 Å². The van der Waals surface area contributed by atoms with E-state index in [2.05, 4.69) is 34.3 Å². The SMILES string of the molecule is CC1(O)CCN(Cc2cccc(-n3cccn3)c2)CC1. The Morgan fingerprint density at radius 2 is 2.05 bits per heavy atom. The summed E-state index contributed by atoms with van der Waals surface area (Å²) in [6, 6.07) is 10.4. The summed E-state index contributed by atoms with van der Waals surface area (Å²) < 4.78 is 1.88. The van der Waals surface area contributed by atoms with E-state index in [0.717, 1.165) is 38.2 Å². The van der Waals surface area contributed by atoms with Crippen LogP contribution < -0.4 is 0 Å². The second-order valence-electron chi connectivity index (χ2n) is 5.89. The Balaban J connectivity index is 1.68. The van der Waals surface area contributed by atoms with Gasteiger partial charge in [0, 0.05) is 32.0 Å². The molecule has 1 aromatic carbocycles. The van der Waals surface area contributed by atoms with E-state index in [-0.39, 0.29) is 0 Å². The maximum atomic E-state index is 9.99. The summed E-state index contributed by atoms with van der Waals surface area (Å²) >= 11 is 0. The van der Waals surface area contributed by atoms with Crippen LogP contribution in [0.3, 0.4) is 0 Å². The van der Waals surface area contributed by atoms with Gasteiger partial charge in [0.15, 0.2) is 0 Å². The molecule has 4 nitrogen and oxygen atoms in total. The van der Waals surface area contributed by atoms with Gasteiger partial charge < -0.3 is 5.11 Å². The maximum absolute atomic E-state index is 9.99. The Morgan fingerprint density at radius 3 is 2.75 bits per heavy atom. The summed E-state index contributed by atoms with van der Waals surface area (Å²) in [4.78, 5) is 2.40. The summed E-state index contributed by atoms with van der Waals surface area (Å²) in [7, 11) is 0. The number of aromatic nitrogens is 2. The van der Waals surface area contributed by atoms with Crippen LogP contribution in [-0.2, 0) is 6.54 Å². The topological polar surface area (TPSA) is 41.3 Å². The first-order valence-corrected chi connectivity index (χ1v) is 7.16. The molecule has 20 heavy (non-hydrogen) atoms. The Bertz CT molecular complexity index is 553. The molecule has 1 aliphatic heterocycles. The molecule has 0 amide bonds. The summed E-state index contributed by atoms with van der Waals surface area (Å²) in [5.41, 5.74) is 1.91. The fourth-order valence-electron chi connectivity index (χ4n) is 2.67. The lowest BCUT2D eigenvalue weighted by atomic mass is 9.93. The predicted octanol–water partition coefficient (Wildman–Crippen LogP) is 2.22. The standard InChI is InChI=1S/C16H21N3O/c1-16(20)6-10-18(11-7-16)13-14-4-2-5-15(12-14)19-9-3-8-17-19/h2-5,8-9,12,20H,6-7,10-11,13H2,1H3. The molecule has 0 bridgehead atoms. The maximum Gasteiger partial charge on any atom is 0.0648 e. The first-order chi connectivity index (χ1) is 9.62. The van der Waals surface area contributed by atoms with Crippen molar-refractivity contribution < 1.29 is 5.11 Å². The molecule has 0 unspecified atom stereocenters. The van der Waals surface area contributed by atoms with Crippen molar-refractivity contribution in [3.63, 3.8) is 0 Å². The first kappa shape index (κ1) is 13.3. The molecule has 3 rings (SSSR count). The number of likely N-dealkylation sites (tertiary alicyclic amines) is 1.